The normalized spacial score (nSPS) is 15.9. The maximum absolute atomic E-state index is 12.5. The third kappa shape index (κ3) is 3.69. The van der Waals surface area contributed by atoms with Crippen molar-refractivity contribution in [2.45, 2.75) is 31.3 Å². The molecule has 1 aliphatic rings. The largest absolute Gasteiger partial charge is 0.388 e. The van der Waals surface area contributed by atoms with Gasteiger partial charge in [-0.1, -0.05) is 12.8 Å². The second kappa shape index (κ2) is 6.64. The van der Waals surface area contributed by atoms with Gasteiger partial charge >= 0.3 is 0 Å². The molecular formula is C17H20N4O4. The van der Waals surface area contributed by atoms with Gasteiger partial charge in [-0.3, -0.25) is 14.9 Å². The van der Waals surface area contributed by atoms with Crippen molar-refractivity contribution in [2.24, 2.45) is 0 Å². The van der Waals surface area contributed by atoms with Gasteiger partial charge in [0.25, 0.3) is 11.6 Å². The summed E-state index contributed by atoms with van der Waals surface area (Å²) >= 11 is 0. The number of non-ortho nitro benzene ring substituents is 1. The van der Waals surface area contributed by atoms with Crippen LogP contribution in [0.15, 0.2) is 36.5 Å². The van der Waals surface area contributed by atoms with Gasteiger partial charge in [0.05, 0.1) is 16.2 Å². The number of carbonyl (C=O) groups excluding carboxylic acids is 1. The number of likely N-dealkylation sites (N-methyl/N-ethyl adjacent to an activating group) is 1. The molecule has 25 heavy (non-hydrogen) atoms. The highest BCUT2D eigenvalue weighted by atomic mass is 16.6. The standard InChI is InChI=1S/C17H20N4O4/c1-19(12-17(23)9-2-3-10-17)16(22)15-8-11-20(18-15)13-4-6-14(7-5-13)21(24)25/h4-8,11,23H,2-3,9-10,12H2,1H3. The van der Waals surface area contributed by atoms with Crippen molar-refractivity contribution >= 4 is 11.6 Å². The zero-order valence-corrected chi connectivity index (χ0v) is 14.0. The highest BCUT2D eigenvalue weighted by Crippen LogP contribution is 2.30. The molecule has 0 spiro atoms. The van der Waals surface area contributed by atoms with Crippen LogP contribution >= 0.6 is 0 Å². The van der Waals surface area contributed by atoms with Crippen LogP contribution in [0, 0.1) is 10.1 Å². The van der Waals surface area contributed by atoms with E-state index in [1.165, 1.54) is 21.7 Å². The van der Waals surface area contributed by atoms with Gasteiger partial charge in [0.1, 0.15) is 0 Å². The molecular weight excluding hydrogens is 324 g/mol. The fourth-order valence-corrected chi connectivity index (χ4v) is 3.21. The first-order valence-electron chi connectivity index (χ1n) is 8.16. The monoisotopic (exact) mass is 344 g/mol. The zero-order chi connectivity index (χ0) is 18.0. The number of nitro benzene ring substituents is 1. The SMILES string of the molecule is CN(CC1(O)CCCC1)C(=O)c1ccn(-c2ccc([N+](=O)[O-])cc2)n1. The second-order valence-corrected chi connectivity index (χ2v) is 6.51. The number of hydrogen-bond donors (Lipinski definition) is 1. The molecule has 0 radical (unpaired) electrons. The first-order chi connectivity index (χ1) is 11.9. The third-order valence-corrected chi connectivity index (χ3v) is 4.55. The number of nitro groups is 1. The van der Waals surface area contributed by atoms with Gasteiger partial charge in [-0.2, -0.15) is 5.10 Å². The summed E-state index contributed by atoms with van der Waals surface area (Å²) in [5.74, 6) is -0.263. The Kier molecular flexibility index (Phi) is 4.54. The summed E-state index contributed by atoms with van der Waals surface area (Å²) in [6.45, 7) is 0.288. The molecule has 8 nitrogen and oxygen atoms in total. The lowest BCUT2D eigenvalue weighted by atomic mass is 10.0. The molecule has 132 valence electrons. The Balaban J connectivity index is 1.71. The highest BCUT2D eigenvalue weighted by molar-refractivity contribution is 5.92. The van der Waals surface area contributed by atoms with Gasteiger partial charge in [0.15, 0.2) is 5.69 Å². The van der Waals surface area contributed by atoms with Crippen LogP contribution in [0.1, 0.15) is 36.2 Å². The van der Waals surface area contributed by atoms with Gasteiger partial charge in [-0.25, -0.2) is 4.68 Å². The highest BCUT2D eigenvalue weighted by Gasteiger charge is 2.34. The number of hydrogen-bond acceptors (Lipinski definition) is 5. The molecule has 1 saturated carbocycles. The van der Waals surface area contributed by atoms with Crippen molar-refractivity contribution in [3.05, 3.63) is 52.3 Å². The molecule has 1 aromatic carbocycles. The summed E-state index contributed by atoms with van der Waals surface area (Å²) in [6, 6.07) is 7.52. The van der Waals surface area contributed by atoms with Gasteiger partial charge in [0, 0.05) is 31.9 Å². The minimum atomic E-state index is -0.800. The van der Waals surface area contributed by atoms with E-state index in [4.69, 9.17) is 0 Å². The first-order valence-corrected chi connectivity index (χ1v) is 8.16. The fourth-order valence-electron chi connectivity index (χ4n) is 3.21. The Labute approximate surface area is 144 Å². The molecule has 1 fully saturated rings. The molecule has 0 atom stereocenters. The van der Waals surface area contributed by atoms with E-state index >= 15 is 0 Å². The van der Waals surface area contributed by atoms with Crippen molar-refractivity contribution in [1.29, 1.82) is 0 Å². The van der Waals surface area contributed by atoms with E-state index < -0.39 is 10.5 Å². The number of aromatic nitrogens is 2. The molecule has 1 heterocycles. The Morgan fingerprint density at radius 3 is 2.56 bits per heavy atom. The number of aliphatic hydroxyl groups is 1. The average molecular weight is 344 g/mol. The van der Waals surface area contributed by atoms with E-state index in [0.29, 0.717) is 18.5 Å². The summed E-state index contributed by atoms with van der Waals surface area (Å²) in [7, 11) is 1.66. The van der Waals surface area contributed by atoms with E-state index in [2.05, 4.69) is 5.10 Å². The van der Waals surface area contributed by atoms with Crippen LogP contribution in [0.2, 0.25) is 0 Å². The van der Waals surface area contributed by atoms with Gasteiger partial charge in [-0.05, 0) is 31.0 Å². The predicted octanol–water partition coefficient (Wildman–Crippen LogP) is 2.16. The number of nitrogens with zero attached hydrogens (tertiary/aromatic N) is 4. The van der Waals surface area contributed by atoms with E-state index in [1.807, 2.05) is 0 Å². The predicted molar refractivity (Wildman–Crippen MR) is 90.6 cm³/mol. The van der Waals surface area contributed by atoms with Crippen molar-refractivity contribution in [3.63, 3.8) is 0 Å². The number of carbonyl (C=O) groups is 1. The Bertz CT molecular complexity index is 778. The quantitative estimate of drug-likeness (QED) is 0.661. The van der Waals surface area contributed by atoms with Crippen LogP contribution in [0.5, 0.6) is 0 Å². The van der Waals surface area contributed by atoms with Crippen LogP contribution in [-0.2, 0) is 0 Å². The van der Waals surface area contributed by atoms with Gasteiger partial charge in [0.2, 0.25) is 0 Å². The Morgan fingerprint density at radius 1 is 1.32 bits per heavy atom. The average Bonchev–Trinajstić information content (AvgIpc) is 3.23. The lowest BCUT2D eigenvalue weighted by Crippen LogP contribution is -2.42. The van der Waals surface area contributed by atoms with Crippen LogP contribution in [0.4, 0.5) is 5.69 Å². The van der Waals surface area contributed by atoms with Crippen molar-refractivity contribution < 1.29 is 14.8 Å². The lowest BCUT2D eigenvalue weighted by molar-refractivity contribution is -0.384. The zero-order valence-electron chi connectivity index (χ0n) is 14.0. The molecule has 1 aromatic heterocycles. The van der Waals surface area contributed by atoms with Crippen molar-refractivity contribution in [1.82, 2.24) is 14.7 Å². The molecule has 2 aromatic rings. The van der Waals surface area contributed by atoms with Crippen molar-refractivity contribution in [3.8, 4) is 5.69 Å². The number of rotatable bonds is 5. The molecule has 3 rings (SSSR count). The topological polar surface area (TPSA) is 102 Å². The van der Waals surface area contributed by atoms with E-state index in [0.717, 1.165) is 12.8 Å². The van der Waals surface area contributed by atoms with E-state index in [9.17, 15) is 20.0 Å². The fraction of sp³-hybridized carbons (Fsp3) is 0.412. The second-order valence-electron chi connectivity index (χ2n) is 6.51. The molecule has 1 amide bonds. The van der Waals surface area contributed by atoms with Crippen LogP contribution in [0.25, 0.3) is 5.69 Å². The van der Waals surface area contributed by atoms with Crippen LogP contribution < -0.4 is 0 Å². The molecule has 1 N–H and O–H groups in total. The summed E-state index contributed by atoms with van der Waals surface area (Å²) in [6.07, 6.45) is 5.01. The summed E-state index contributed by atoms with van der Waals surface area (Å²) in [5.41, 5.74) is 0.0895. The minimum absolute atomic E-state index is 0.00301. The smallest absolute Gasteiger partial charge is 0.274 e. The molecule has 1 aliphatic carbocycles. The number of amides is 1. The van der Waals surface area contributed by atoms with Crippen molar-refractivity contribution in [2.75, 3.05) is 13.6 Å². The van der Waals surface area contributed by atoms with Gasteiger partial charge in [-0.15, -0.1) is 0 Å². The first kappa shape index (κ1) is 17.1. The van der Waals surface area contributed by atoms with Crippen LogP contribution in [-0.4, -0.2) is 49.8 Å². The molecule has 0 saturated heterocycles. The summed E-state index contributed by atoms with van der Waals surface area (Å²) in [4.78, 5) is 24.2. The van der Waals surface area contributed by atoms with Crippen LogP contribution in [0.3, 0.4) is 0 Å². The minimum Gasteiger partial charge on any atom is -0.388 e. The number of benzene rings is 1. The maximum Gasteiger partial charge on any atom is 0.274 e. The lowest BCUT2D eigenvalue weighted by Gasteiger charge is -2.28. The summed E-state index contributed by atoms with van der Waals surface area (Å²) in [5, 5.41) is 25.4. The molecule has 8 heteroatoms. The molecule has 0 bridgehead atoms. The molecule has 0 unspecified atom stereocenters. The Morgan fingerprint density at radius 2 is 1.96 bits per heavy atom. The summed E-state index contributed by atoms with van der Waals surface area (Å²) < 4.78 is 1.50. The van der Waals surface area contributed by atoms with Gasteiger partial charge < -0.3 is 10.0 Å². The maximum atomic E-state index is 12.5. The Hall–Kier alpha value is -2.74. The van der Waals surface area contributed by atoms with E-state index in [1.54, 1.807) is 31.4 Å². The third-order valence-electron chi connectivity index (χ3n) is 4.55. The molecule has 0 aliphatic heterocycles. The van der Waals surface area contributed by atoms with E-state index in [-0.39, 0.29) is 23.8 Å².